The molecule has 1 aliphatic heterocycles. The second kappa shape index (κ2) is 4.58. The number of rotatable bonds is 3. The van der Waals surface area contributed by atoms with Gasteiger partial charge in [-0.15, -0.1) is 0 Å². The van der Waals surface area contributed by atoms with Crippen molar-refractivity contribution in [3.05, 3.63) is 29.3 Å². The van der Waals surface area contributed by atoms with E-state index in [2.05, 4.69) is 25.1 Å². The van der Waals surface area contributed by atoms with Crippen molar-refractivity contribution in [3.8, 4) is 5.75 Å². The lowest BCUT2D eigenvalue weighted by molar-refractivity contribution is 0.0734. The Morgan fingerprint density at radius 2 is 2.11 bits per heavy atom. The number of benzene rings is 1. The predicted octanol–water partition coefficient (Wildman–Crippen LogP) is 3.24. The first-order chi connectivity index (χ1) is 8.71. The van der Waals surface area contributed by atoms with Crippen molar-refractivity contribution in [1.29, 1.82) is 0 Å². The van der Waals surface area contributed by atoms with E-state index in [0.717, 1.165) is 18.6 Å². The molecule has 1 atom stereocenters. The van der Waals surface area contributed by atoms with Gasteiger partial charge >= 0.3 is 0 Å². The van der Waals surface area contributed by atoms with Crippen molar-refractivity contribution >= 4 is 0 Å². The standard InChI is InChI=1S/C16H22O2/c1-12-4-5-15-13(8-12)9-14(18-15)10-16(11-17)6-2-3-7-16/h4-5,8,14,17H,2-3,6-7,9-11H2,1H3. The molecule has 1 saturated carbocycles. The van der Waals surface area contributed by atoms with Crippen LogP contribution in [0.5, 0.6) is 5.75 Å². The van der Waals surface area contributed by atoms with E-state index in [-0.39, 0.29) is 11.5 Å². The Morgan fingerprint density at radius 1 is 1.33 bits per heavy atom. The van der Waals surface area contributed by atoms with Crippen molar-refractivity contribution in [2.24, 2.45) is 5.41 Å². The van der Waals surface area contributed by atoms with Gasteiger partial charge in [0.1, 0.15) is 11.9 Å². The average Bonchev–Trinajstić information content (AvgIpc) is 2.96. The van der Waals surface area contributed by atoms with E-state index in [4.69, 9.17) is 4.74 Å². The lowest BCUT2D eigenvalue weighted by Crippen LogP contribution is -2.29. The van der Waals surface area contributed by atoms with Crippen LogP contribution in [0.1, 0.15) is 43.2 Å². The highest BCUT2D eigenvalue weighted by atomic mass is 16.5. The average molecular weight is 246 g/mol. The molecular weight excluding hydrogens is 224 g/mol. The molecule has 0 spiro atoms. The molecule has 1 unspecified atom stereocenters. The normalized spacial score (nSPS) is 24.9. The Kier molecular flexibility index (Phi) is 3.06. The van der Waals surface area contributed by atoms with Crippen LogP contribution in [0.4, 0.5) is 0 Å². The molecule has 1 fully saturated rings. The van der Waals surface area contributed by atoms with Crippen LogP contribution in [0, 0.1) is 12.3 Å². The summed E-state index contributed by atoms with van der Waals surface area (Å²) in [5.74, 6) is 1.05. The lowest BCUT2D eigenvalue weighted by atomic mass is 9.81. The topological polar surface area (TPSA) is 29.5 Å². The van der Waals surface area contributed by atoms with Crippen LogP contribution in [0.15, 0.2) is 18.2 Å². The quantitative estimate of drug-likeness (QED) is 0.887. The van der Waals surface area contributed by atoms with Gasteiger partial charge in [-0.25, -0.2) is 0 Å². The first kappa shape index (κ1) is 12.0. The molecule has 2 nitrogen and oxygen atoms in total. The van der Waals surface area contributed by atoms with E-state index in [1.165, 1.54) is 36.8 Å². The molecule has 1 heterocycles. The molecule has 2 aliphatic rings. The van der Waals surface area contributed by atoms with Crippen LogP contribution >= 0.6 is 0 Å². The highest BCUT2D eigenvalue weighted by molar-refractivity contribution is 5.40. The number of aliphatic hydroxyl groups is 1. The largest absolute Gasteiger partial charge is 0.490 e. The minimum absolute atomic E-state index is 0.141. The summed E-state index contributed by atoms with van der Waals surface area (Å²) >= 11 is 0. The molecule has 1 aromatic rings. The molecule has 0 aromatic heterocycles. The fourth-order valence-electron chi connectivity index (χ4n) is 3.60. The summed E-state index contributed by atoms with van der Waals surface area (Å²) in [6.45, 7) is 2.45. The number of hydrogen-bond donors (Lipinski definition) is 1. The van der Waals surface area contributed by atoms with Gasteiger partial charge in [0.05, 0.1) is 0 Å². The van der Waals surface area contributed by atoms with Gasteiger partial charge in [0.25, 0.3) is 0 Å². The zero-order valence-corrected chi connectivity index (χ0v) is 11.1. The predicted molar refractivity (Wildman–Crippen MR) is 71.9 cm³/mol. The summed E-state index contributed by atoms with van der Waals surface area (Å²) in [4.78, 5) is 0. The Hall–Kier alpha value is -1.02. The molecule has 0 saturated heterocycles. The van der Waals surface area contributed by atoms with Crippen LogP contribution in [0.2, 0.25) is 0 Å². The van der Waals surface area contributed by atoms with Gasteiger partial charge in [-0.3, -0.25) is 0 Å². The number of fused-ring (bicyclic) bond motifs is 1. The van der Waals surface area contributed by atoms with E-state index in [0.29, 0.717) is 6.61 Å². The van der Waals surface area contributed by atoms with Crippen molar-refractivity contribution in [2.75, 3.05) is 6.61 Å². The maximum absolute atomic E-state index is 9.68. The Balaban J connectivity index is 1.70. The summed E-state index contributed by atoms with van der Waals surface area (Å²) in [6.07, 6.45) is 7.15. The van der Waals surface area contributed by atoms with Gasteiger partial charge in [0.15, 0.2) is 0 Å². The molecule has 0 bridgehead atoms. The van der Waals surface area contributed by atoms with Gasteiger partial charge in [0.2, 0.25) is 0 Å². The smallest absolute Gasteiger partial charge is 0.123 e. The van der Waals surface area contributed by atoms with Crippen molar-refractivity contribution in [3.63, 3.8) is 0 Å². The third-order valence-electron chi connectivity index (χ3n) is 4.62. The summed E-state index contributed by atoms with van der Waals surface area (Å²) in [5.41, 5.74) is 2.78. The summed E-state index contributed by atoms with van der Waals surface area (Å²) in [5, 5.41) is 9.68. The lowest BCUT2D eigenvalue weighted by Gasteiger charge is -2.29. The third-order valence-corrected chi connectivity index (χ3v) is 4.62. The van der Waals surface area contributed by atoms with E-state index in [1.807, 2.05) is 0 Å². The zero-order valence-electron chi connectivity index (χ0n) is 11.1. The maximum Gasteiger partial charge on any atom is 0.123 e. The van der Waals surface area contributed by atoms with E-state index >= 15 is 0 Å². The van der Waals surface area contributed by atoms with Crippen molar-refractivity contribution < 1.29 is 9.84 Å². The monoisotopic (exact) mass is 246 g/mol. The molecule has 18 heavy (non-hydrogen) atoms. The number of ether oxygens (including phenoxy) is 1. The van der Waals surface area contributed by atoms with Crippen LogP contribution in [-0.2, 0) is 6.42 Å². The summed E-state index contributed by atoms with van der Waals surface area (Å²) in [6, 6.07) is 6.43. The molecule has 3 rings (SSSR count). The van der Waals surface area contributed by atoms with Crippen LogP contribution in [0.3, 0.4) is 0 Å². The molecule has 1 N–H and O–H groups in total. The fourth-order valence-corrected chi connectivity index (χ4v) is 3.60. The van der Waals surface area contributed by atoms with Crippen molar-refractivity contribution in [2.45, 2.75) is 51.6 Å². The number of aryl methyl sites for hydroxylation is 1. The SMILES string of the molecule is Cc1ccc2c(c1)CC(CC1(CO)CCCC1)O2. The molecule has 1 aromatic carbocycles. The number of aliphatic hydroxyl groups excluding tert-OH is 1. The van der Waals surface area contributed by atoms with Crippen LogP contribution in [0.25, 0.3) is 0 Å². The molecule has 1 aliphatic carbocycles. The second-order valence-electron chi connectivity index (χ2n) is 6.12. The molecule has 2 heteroatoms. The van der Waals surface area contributed by atoms with Crippen LogP contribution in [-0.4, -0.2) is 17.8 Å². The van der Waals surface area contributed by atoms with Gasteiger partial charge in [-0.05, 0) is 43.2 Å². The van der Waals surface area contributed by atoms with Gasteiger partial charge in [-0.2, -0.15) is 0 Å². The molecule has 98 valence electrons. The zero-order chi connectivity index (χ0) is 12.6. The van der Waals surface area contributed by atoms with Gasteiger partial charge in [-0.1, -0.05) is 30.5 Å². The first-order valence-electron chi connectivity index (χ1n) is 7.08. The highest BCUT2D eigenvalue weighted by Crippen LogP contribution is 2.44. The molecular formula is C16H22O2. The third kappa shape index (κ3) is 2.14. The van der Waals surface area contributed by atoms with Gasteiger partial charge < -0.3 is 9.84 Å². The van der Waals surface area contributed by atoms with E-state index < -0.39 is 0 Å². The summed E-state index contributed by atoms with van der Waals surface area (Å²) in [7, 11) is 0. The first-order valence-corrected chi connectivity index (χ1v) is 7.08. The minimum atomic E-state index is 0.141. The van der Waals surface area contributed by atoms with E-state index in [1.54, 1.807) is 0 Å². The number of hydrogen-bond acceptors (Lipinski definition) is 2. The Morgan fingerprint density at radius 3 is 2.83 bits per heavy atom. The fraction of sp³-hybridized carbons (Fsp3) is 0.625. The second-order valence-corrected chi connectivity index (χ2v) is 6.12. The maximum atomic E-state index is 9.68. The van der Waals surface area contributed by atoms with Crippen molar-refractivity contribution in [1.82, 2.24) is 0 Å². The Bertz CT molecular complexity index is 433. The summed E-state index contributed by atoms with van der Waals surface area (Å²) < 4.78 is 6.04. The van der Waals surface area contributed by atoms with E-state index in [9.17, 15) is 5.11 Å². The van der Waals surface area contributed by atoms with Crippen LogP contribution < -0.4 is 4.74 Å². The highest BCUT2D eigenvalue weighted by Gasteiger charge is 2.38. The minimum Gasteiger partial charge on any atom is -0.490 e. The molecule has 0 amide bonds. The molecule has 0 radical (unpaired) electrons. The van der Waals surface area contributed by atoms with Gasteiger partial charge in [0, 0.05) is 13.0 Å². The Labute approximate surface area is 109 Å².